The zero-order chi connectivity index (χ0) is 15.9. The Morgan fingerprint density at radius 2 is 2.14 bits per heavy atom. The minimum Gasteiger partial charge on any atom is -0.483 e. The third-order valence-corrected chi connectivity index (χ3v) is 4.48. The molecule has 0 radical (unpaired) electrons. The molecule has 1 fully saturated rings. The summed E-state index contributed by atoms with van der Waals surface area (Å²) in [6, 6.07) is 7.41. The van der Waals surface area contributed by atoms with E-state index in [0.717, 1.165) is 23.9 Å². The van der Waals surface area contributed by atoms with Crippen molar-refractivity contribution < 1.29 is 19.4 Å². The second-order valence-electron chi connectivity index (χ2n) is 5.50. The lowest BCUT2D eigenvalue weighted by Gasteiger charge is -2.32. The maximum atomic E-state index is 12.2. The van der Waals surface area contributed by atoms with E-state index in [4.69, 9.17) is 9.84 Å². The molecule has 1 aliphatic heterocycles. The number of para-hydroxylation sites is 1. The number of benzene rings is 1. The molecule has 0 saturated carbocycles. The van der Waals surface area contributed by atoms with E-state index in [9.17, 15) is 9.59 Å². The summed E-state index contributed by atoms with van der Waals surface area (Å²) in [5, 5.41) is 8.75. The molecule has 1 N–H and O–H groups in total. The van der Waals surface area contributed by atoms with Crippen molar-refractivity contribution in [2.75, 3.05) is 19.7 Å². The van der Waals surface area contributed by atoms with Gasteiger partial charge in [-0.05, 0) is 53.2 Å². The first-order valence-corrected chi connectivity index (χ1v) is 8.22. The van der Waals surface area contributed by atoms with Gasteiger partial charge in [-0.15, -0.1) is 0 Å². The van der Waals surface area contributed by atoms with Gasteiger partial charge in [-0.2, -0.15) is 0 Å². The summed E-state index contributed by atoms with van der Waals surface area (Å²) in [6.07, 6.45) is 2.71. The molecule has 0 bridgehead atoms. The number of carboxylic acids is 1. The molecular formula is C16H20BrNO4. The minimum absolute atomic E-state index is 0.00820. The molecule has 2 rings (SSSR count). The zero-order valence-electron chi connectivity index (χ0n) is 12.3. The van der Waals surface area contributed by atoms with Crippen LogP contribution in [0, 0.1) is 5.92 Å². The average molecular weight is 370 g/mol. The fraction of sp³-hybridized carbons (Fsp3) is 0.500. The number of rotatable bonds is 6. The van der Waals surface area contributed by atoms with Crippen molar-refractivity contribution in [2.45, 2.75) is 25.7 Å². The van der Waals surface area contributed by atoms with E-state index >= 15 is 0 Å². The molecule has 1 aromatic carbocycles. The first-order chi connectivity index (χ1) is 10.6. The van der Waals surface area contributed by atoms with Crippen molar-refractivity contribution >= 4 is 27.8 Å². The number of carboxylic acid groups (broad SMARTS) is 1. The Balaban J connectivity index is 1.81. The number of hydrogen-bond donors (Lipinski definition) is 1. The van der Waals surface area contributed by atoms with Crippen LogP contribution in [0.5, 0.6) is 5.75 Å². The Hall–Kier alpha value is -1.56. The van der Waals surface area contributed by atoms with Crippen LogP contribution in [0.25, 0.3) is 0 Å². The van der Waals surface area contributed by atoms with Crippen LogP contribution >= 0.6 is 15.9 Å². The third kappa shape index (κ3) is 5.02. The van der Waals surface area contributed by atoms with E-state index in [-0.39, 0.29) is 24.9 Å². The Morgan fingerprint density at radius 1 is 1.36 bits per heavy atom. The van der Waals surface area contributed by atoms with Crippen molar-refractivity contribution in [3.63, 3.8) is 0 Å². The number of carbonyl (C=O) groups excluding carboxylic acids is 1. The topological polar surface area (TPSA) is 66.8 Å². The Morgan fingerprint density at radius 3 is 2.86 bits per heavy atom. The van der Waals surface area contributed by atoms with E-state index in [1.165, 1.54) is 0 Å². The summed E-state index contributed by atoms with van der Waals surface area (Å²) >= 11 is 3.38. The molecule has 120 valence electrons. The number of likely N-dealkylation sites (tertiary alicyclic amines) is 1. The molecule has 1 atom stereocenters. The Kier molecular flexibility index (Phi) is 6.24. The van der Waals surface area contributed by atoms with Gasteiger partial charge in [0.25, 0.3) is 5.91 Å². The van der Waals surface area contributed by atoms with Gasteiger partial charge in [0, 0.05) is 19.5 Å². The molecule has 0 aliphatic carbocycles. The molecule has 1 aromatic rings. The molecule has 5 nitrogen and oxygen atoms in total. The fourth-order valence-electron chi connectivity index (χ4n) is 2.65. The molecule has 0 spiro atoms. The molecule has 6 heteroatoms. The first kappa shape index (κ1) is 16.8. The number of aliphatic carboxylic acids is 1. The number of hydrogen-bond acceptors (Lipinski definition) is 3. The molecular weight excluding hydrogens is 350 g/mol. The van der Waals surface area contributed by atoms with Gasteiger partial charge < -0.3 is 14.7 Å². The monoisotopic (exact) mass is 369 g/mol. The molecule has 1 aliphatic rings. The number of piperidine rings is 1. The maximum Gasteiger partial charge on any atom is 0.303 e. The fourth-order valence-corrected chi connectivity index (χ4v) is 3.05. The number of ether oxygens (including phenoxy) is 1. The van der Waals surface area contributed by atoms with Crippen molar-refractivity contribution in [1.82, 2.24) is 4.90 Å². The van der Waals surface area contributed by atoms with Crippen LogP contribution in [0.3, 0.4) is 0 Å². The summed E-state index contributed by atoms with van der Waals surface area (Å²) in [5.74, 6) is 0.101. The van der Waals surface area contributed by atoms with E-state index < -0.39 is 5.97 Å². The van der Waals surface area contributed by atoms with Gasteiger partial charge in [-0.25, -0.2) is 0 Å². The average Bonchev–Trinajstić information content (AvgIpc) is 2.52. The van der Waals surface area contributed by atoms with Gasteiger partial charge in [0.05, 0.1) is 4.47 Å². The van der Waals surface area contributed by atoms with Crippen LogP contribution < -0.4 is 4.74 Å². The number of carbonyl (C=O) groups is 2. The molecule has 1 amide bonds. The molecule has 1 saturated heterocycles. The lowest BCUT2D eigenvalue weighted by Crippen LogP contribution is -2.42. The minimum atomic E-state index is -0.777. The Bertz CT molecular complexity index is 535. The molecule has 22 heavy (non-hydrogen) atoms. The van der Waals surface area contributed by atoms with E-state index in [2.05, 4.69) is 15.9 Å². The second kappa shape index (κ2) is 8.17. The number of amides is 1. The van der Waals surface area contributed by atoms with Crippen molar-refractivity contribution in [1.29, 1.82) is 0 Å². The maximum absolute atomic E-state index is 12.2. The first-order valence-electron chi connectivity index (χ1n) is 7.43. The van der Waals surface area contributed by atoms with E-state index in [1.807, 2.05) is 24.3 Å². The largest absolute Gasteiger partial charge is 0.483 e. The van der Waals surface area contributed by atoms with Crippen LogP contribution in [0.1, 0.15) is 25.7 Å². The normalized spacial score (nSPS) is 18.0. The van der Waals surface area contributed by atoms with E-state index in [0.29, 0.717) is 18.7 Å². The predicted molar refractivity (Wildman–Crippen MR) is 85.8 cm³/mol. The Labute approximate surface area is 138 Å². The number of halogens is 1. The van der Waals surface area contributed by atoms with Crippen LogP contribution in [-0.2, 0) is 9.59 Å². The van der Waals surface area contributed by atoms with Gasteiger partial charge >= 0.3 is 5.97 Å². The standard InChI is InChI=1S/C16H20BrNO4/c17-13-5-1-2-6-14(13)22-11-15(19)18-9-3-4-12(10-18)7-8-16(20)21/h1-2,5-6,12H,3-4,7-11H2,(H,20,21). The second-order valence-corrected chi connectivity index (χ2v) is 6.35. The van der Waals surface area contributed by atoms with Crippen molar-refractivity contribution in [3.8, 4) is 5.75 Å². The predicted octanol–water partition coefficient (Wildman–Crippen LogP) is 2.93. The van der Waals surface area contributed by atoms with Crippen molar-refractivity contribution in [3.05, 3.63) is 28.7 Å². The van der Waals surface area contributed by atoms with Crippen LogP contribution in [-0.4, -0.2) is 41.6 Å². The van der Waals surface area contributed by atoms with E-state index in [1.54, 1.807) is 4.90 Å². The van der Waals surface area contributed by atoms with Gasteiger partial charge in [-0.3, -0.25) is 9.59 Å². The van der Waals surface area contributed by atoms with Crippen LogP contribution in [0.2, 0.25) is 0 Å². The van der Waals surface area contributed by atoms with Gasteiger partial charge in [0.15, 0.2) is 6.61 Å². The molecule has 0 aromatic heterocycles. The summed E-state index contributed by atoms with van der Waals surface area (Å²) < 4.78 is 6.37. The summed E-state index contributed by atoms with van der Waals surface area (Å²) in [6.45, 7) is 1.36. The van der Waals surface area contributed by atoms with Crippen LogP contribution in [0.15, 0.2) is 28.7 Å². The van der Waals surface area contributed by atoms with Gasteiger partial charge in [-0.1, -0.05) is 12.1 Å². The summed E-state index contributed by atoms with van der Waals surface area (Å²) in [4.78, 5) is 24.7. The van der Waals surface area contributed by atoms with Crippen molar-refractivity contribution in [2.24, 2.45) is 5.92 Å². The highest BCUT2D eigenvalue weighted by Crippen LogP contribution is 2.24. The van der Waals surface area contributed by atoms with Crippen LogP contribution in [0.4, 0.5) is 0 Å². The summed E-state index contributed by atoms with van der Waals surface area (Å²) in [5.41, 5.74) is 0. The quantitative estimate of drug-likeness (QED) is 0.836. The SMILES string of the molecule is O=C(O)CCC1CCCN(C(=O)COc2ccccc2Br)C1. The van der Waals surface area contributed by atoms with Gasteiger partial charge in [0.1, 0.15) is 5.75 Å². The van der Waals surface area contributed by atoms with Gasteiger partial charge in [0.2, 0.25) is 0 Å². The number of nitrogens with zero attached hydrogens (tertiary/aromatic N) is 1. The smallest absolute Gasteiger partial charge is 0.303 e. The lowest BCUT2D eigenvalue weighted by atomic mass is 9.93. The summed E-state index contributed by atoms with van der Waals surface area (Å²) in [7, 11) is 0. The molecule has 1 unspecified atom stereocenters. The lowest BCUT2D eigenvalue weighted by molar-refractivity contribution is -0.137. The zero-order valence-corrected chi connectivity index (χ0v) is 13.9. The third-order valence-electron chi connectivity index (χ3n) is 3.83. The highest BCUT2D eigenvalue weighted by Gasteiger charge is 2.24. The highest BCUT2D eigenvalue weighted by molar-refractivity contribution is 9.10. The highest BCUT2D eigenvalue weighted by atomic mass is 79.9. The molecule has 1 heterocycles.